The summed E-state index contributed by atoms with van der Waals surface area (Å²) in [6, 6.07) is 16.6. The average Bonchev–Trinajstić information content (AvgIpc) is 2.68. The molecule has 3 rings (SSSR count). The molecular formula is C22H30N2O3S. The van der Waals surface area contributed by atoms with E-state index >= 15 is 0 Å². The van der Waals surface area contributed by atoms with Crippen molar-refractivity contribution < 1.29 is 13.2 Å². The quantitative estimate of drug-likeness (QED) is 0.805. The van der Waals surface area contributed by atoms with Gasteiger partial charge in [0.2, 0.25) is 10.0 Å². The zero-order valence-corrected chi connectivity index (χ0v) is 17.7. The monoisotopic (exact) mass is 402 g/mol. The van der Waals surface area contributed by atoms with E-state index in [-0.39, 0.29) is 11.5 Å². The first kappa shape index (κ1) is 21.0. The van der Waals surface area contributed by atoms with Crippen LogP contribution in [0.4, 0.5) is 0 Å². The van der Waals surface area contributed by atoms with Gasteiger partial charge in [-0.25, -0.2) is 13.1 Å². The molecule has 0 unspecified atom stereocenters. The highest BCUT2D eigenvalue weighted by molar-refractivity contribution is 7.89. The third-order valence-corrected chi connectivity index (χ3v) is 6.56. The largest absolute Gasteiger partial charge is 0.379 e. The minimum atomic E-state index is -3.63. The lowest BCUT2D eigenvalue weighted by Crippen LogP contribution is -2.43. The van der Waals surface area contributed by atoms with Gasteiger partial charge in [0.05, 0.1) is 24.2 Å². The fourth-order valence-electron chi connectivity index (χ4n) is 3.33. The molecule has 5 nitrogen and oxygen atoms in total. The predicted octanol–water partition coefficient (Wildman–Crippen LogP) is 3.34. The van der Waals surface area contributed by atoms with Gasteiger partial charge in [0.25, 0.3) is 0 Å². The second-order valence-electron chi connectivity index (χ2n) is 8.27. The highest BCUT2D eigenvalue weighted by Crippen LogP contribution is 2.24. The van der Waals surface area contributed by atoms with Crippen molar-refractivity contribution in [3.8, 4) is 0 Å². The Balaban J connectivity index is 1.82. The Labute approximate surface area is 168 Å². The summed E-state index contributed by atoms with van der Waals surface area (Å²) in [5, 5.41) is 0. The van der Waals surface area contributed by atoms with Gasteiger partial charge in [-0.05, 0) is 28.7 Å². The van der Waals surface area contributed by atoms with Crippen LogP contribution in [-0.4, -0.2) is 46.2 Å². The predicted molar refractivity (Wildman–Crippen MR) is 112 cm³/mol. The maximum Gasteiger partial charge on any atom is 0.241 e. The summed E-state index contributed by atoms with van der Waals surface area (Å²) in [7, 11) is -3.63. The van der Waals surface area contributed by atoms with E-state index in [1.807, 2.05) is 42.5 Å². The number of rotatable bonds is 6. The molecule has 2 aromatic carbocycles. The summed E-state index contributed by atoms with van der Waals surface area (Å²) in [6.45, 7) is 9.95. The Morgan fingerprint density at radius 3 is 2.18 bits per heavy atom. The van der Waals surface area contributed by atoms with Gasteiger partial charge in [0.15, 0.2) is 0 Å². The number of ether oxygens (including phenoxy) is 1. The van der Waals surface area contributed by atoms with Crippen molar-refractivity contribution in [3.05, 3.63) is 65.7 Å². The second-order valence-corrected chi connectivity index (χ2v) is 9.99. The van der Waals surface area contributed by atoms with Crippen molar-refractivity contribution in [1.29, 1.82) is 0 Å². The van der Waals surface area contributed by atoms with Crippen molar-refractivity contribution in [2.45, 2.75) is 37.1 Å². The molecule has 1 fully saturated rings. The van der Waals surface area contributed by atoms with Crippen molar-refractivity contribution in [2.75, 3.05) is 32.8 Å². The van der Waals surface area contributed by atoms with Crippen LogP contribution in [0.15, 0.2) is 59.5 Å². The van der Waals surface area contributed by atoms with E-state index in [2.05, 4.69) is 30.4 Å². The molecule has 1 N–H and O–H groups in total. The fraction of sp³-hybridized carbons (Fsp3) is 0.455. The van der Waals surface area contributed by atoms with Gasteiger partial charge in [0, 0.05) is 19.6 Å². The molecular weight excluding hydrogens is 372 g/mol. The molecule has 28 heavy (non-hydrogen) atoms. The van der Waals surface area contributed by atoms with E-state index in [9.17, 15) is 8.42 Å². The van der Waals surface area contributed by atoms with Crippen LogP contribution in [0.1, 0.15) is 37.9 Å². The first-order valence-electron chi connectivity index (χ1n) is 9.74. The molecule has 1 aliphatic rings. The van der Waals surface area contributed by atoms with E-state index in [4.69, 9.17) is 4.74 Å². The van der Waals surface area contributed by atoms with E-state index < -0.39 is 10.0 Å². The van der Waals surface area contributed by atoms with Crippen molar-refractivity contribution in [1.82, 2.24) is 9.62 Å². The summed E-state index contributed by atoms with van der Waals surface area (Å²) in [5.41, 5.74) is 2.06. The maximum atomic E-state index is 13.1. The third kappa shape index (κ3) is 5.41. The van der Waals surface area contributed by atoms with Gasteiger partial charge in [-0.3, -0.25) is 4.90 Å². The second kappa shape index (κ2) is 8.74. The molecule has 1 heterocycles. The van der Waals surface area contributed by atoms with Crippen LogP contribution in [0.25, 0.3) is 0 Å². The van der Waals surface area contributed by atoms with Crippen LogP contribution in [0, 0.1) is 0 Å². The summed E-state index contributed by atoms with van der Waals surface area (Å²) >= 11 is 0. The van der Waals surface area contributed by atoms with Gasteiger partial charge in [0.1, 0.15) is 0 Å². The normalized spacial score (nSPS) is 17.4. The third-order valence-electron chi connectivity index (χ3n) is 5.07. The molecule has 0 bridgehead atoms. The van der Waals surface area contributed by atoms with Crippen molar-refractivity contribution in [3.63, 3.8) is 0 Å². The lowest BCUT2D eigenvalue weighted by molar-refractivity contribution is 0.0345. The first-order chi connectivity index (χ1) is 13.3. The smallest absolute Gasteiger partial charge is 0.241 e. The van der Waals surface area contributed by atoms with Gasteiger partial charge in [-0.2, -0.15) is 0 Å². The minimum absolute atomic E-state index is 0.0153. The zero-order valence-electron chi connectivity index (χ0n) is 16.9. The molecule has 0 spiro atoms. The molecule has 0 saturated carbocycles. The van der Waals surface area contributed by atoms with Crippen LogP contribution in [0.2, 0.25) is 0 Å². The highest BCUT2D eigenvalue weighted by Gasteiger charge is 2.25. The lowest BCUT2D eigenvalue weighted by Gasteiger charge is -2.31. The number of benzene rings is 2. The van der Waals surface area contributed by atoms with Crippen LogP contribution in [0.5, 0.6) is 0 Å². The molecule has 2 aromatic rings. The Morgan fingerprint density at radius 1 is 1.00 bits per heavy atom. The number of nitrogens with one attached hydrogen (secondary N) is 1. The van der Waals surface area contributed by atoms with Crippen molar-refractivity contribution >= 4 is 10.0 Å². The van der Waals surface area contributed by atoms with Gasteiger partial charge >= 0.3 is 0 Å². The molecule has 1 atom stereocenters. The zero-order chi connectivity index (χ0) is 20.2. The van der Waals surface area contributed by atoms with Crippen molar-refractivity contribution in [2.24, 2.45) is 0 Å². The number of nitrogens with zero attached hydrogens (tertiary/aromatic N) is 1. The Kier molecular flexibility index (Phi) is 6.55. The van der Waals surface area contributed by atoms with E-state index in [1.54, 1.807) is 12.1 Å². The molecule has 0 aromatic heterocycles. The van der Waals surface area contributed by atoms with E-state index in [0.29, 0.717) is 24.7 Å². The van der Waals surface area contributed by atoms with E-state index in [1.165, 1.54) is 0 Å². The molecule has 0 amide bonds. The highest BCUT2D eigenvalue weighted by atomic mass is 32.2. The number of hydrogen-bond donors (Lipinski definition) is 1. The lowest BCUT2D eigenvalue weighted by atomic mass is 9.87. The van der Waals surface area contributed by atoms with Crippen LogP contribution in [-0.2, 0) is 20.2 Å². The summed E-state index contributed by atoms with van der Waals surface area (Å²) in [6.07, 6.45) is 0. The van der Waals surface area contributed by atoms with Crippen LogP contribution in [0.3, 0.4) is 0 Å². The molecule has 1 saturated heterocycles. The first-order valence-corrected chi connectivity index (χ1v) is 11.2. The molecule has 152 valence electrons. The Bertz CT molecular complexity index is 853. The minimum Gasteiger partial charge on any atom is -0.379 e. The van der Waals surface area contributed by atoms with Gasteiger partial charge < -0.3 is 4.74 Å². The SMILES string of the molecule is CC(C)(C)c1ccc(S(=O)(=O)N[C@@H](CN2CCOCC2)c2ccccc2)cc1. The average molecular weight is 403 g/mol. The number of morpholine rings is 1. The molecule has 0 aliphatic carbocycles. The molecule has 1 aliphatic heterocycles. The van der Waals surface area contributed by atoms with Gasteiger partial charge in [-0.15, -0.1) is 0 Å². The fourth-order valence-corrected chi connectivity index (χ4v) is 4.54. The Hall–Kier alpha value is -1.73. The topological polar surface area (TPSA) is 58.6 Å². The standard InChI is InChI=1S/C22H30N2O3S/c1-22(2,3)19-9-11-20(12-10-19)28(25,26)23-21(18-7-5-4-6-8-18)17-24-13-15-27-16-14-24/h4-12,21,23H,13-17H2,1-3H3/t21-/m0/s1. The van der Waals surface area contributed by atoms with E-state index in [0.717, 1.165) is 24.2 Å². The summed E-state index contributed by atoms with van der Waals surface area (Å²) < 4.78 is 34.5. The van der Waals surface area contributed by atoms with Gasteiger partial charge in [-0.1, -0.05) is 63.2 Å². The van der Waals surface area contributed by atoms with Crippen LogP contribution < -0.4 is 4.72 Å². The summed E-state index contributed by atoms with van der Waals surface area (Å²) in [5.74, 6) is 0. The summed E-state index contributed by atoms with van der Waals surface area (Å²) in [4.78, 5) is 2.54. The number of sulfonamides is 1. The van der Waals surface area contributed by atoms with Crippen LogP contribution >= 0.6 is 0 Å². The molecule has 0 radical (unpaired) electrons. The maximum absolute atomic E-state index is 13.1. The Morgan fingerprint density at radius 2 is 1.61 bits per heavy atom. The number of hydrogen-bond acceptors (Lipinski definition) is 4. The molecule has 6 heteroatoms.